The van der Waals surface area contributed by atoms with Crippen molar-refractivity contribution in [3.63, 3.8) is 0 Å². The highest BCUT2D eigenvalue weighted by Gasteiger charge is 2.25. The molecule has 1 saturated heterocycles. The molecule has 0 atom stereocenters. The third kappa shape index (κ3) is 4.32. The number of rotatable bonds is 4. The largest absolute Gasteiger partial charge is 0.326 e. The van der Waals surface area contributed by atoms with Gasteiger partial charge in [0.25, 0.3) is 0 Å². The zero-order chi connectivity index (χ0) is 16.3. The SMILES string of the molecule is Cc1cccc(C(C)C)c1NC(=O)CC1CCS(=O)(=O)CC1. The molecule has 1 amide bonds. The number of hydrogen-bond donors (Lipinski definition) is 1. The third-order valence-electron chi connectivity index (χ3n) is 4.34. The molecule has 0 aliphatic carbocycles. The molecule has 0 radical (unpaired) electrons. The van der Waals surface area contributed by atoms with E-state index in [0.717, 1.165) is 16.8 Å². The Labute approximate surface area is 133 Å². The Morgan fingerprint density at radius 2 is 1.91 bits per heavy atom. The van der Waals surface area contributed by atoms with Gasteiger partial charge in [0.15, 0.2) is 0 Å². The highest BCUT2D eigenvalue weighted by atomic mass is 32.2. The van der Waals surface area contributed by atoms with Crippen LogP contribution in [0, 0.1) is 12.8 Å². The summed E-state index contributed by atoms with van der Waals surface area (Å²) in [6, 6.07) is 6.04. The zero-order valence-corrected chi connectivity index (χ0v) is 14.4. The molecule has 1 fully saturated rings. The van der Waals surface area contributed by atoms with E-state index in [1.165, 1.54) is 0 Å². The van der Waals surface area contributed by atoms with Gasteiger partial charge in [-0.2, -0.15) is 0 Å². The van der Waals surface area contributed by atoms with Gasteiger partial charge in [0.1, 0.15) is 9.84 Å². The molecule has 1 aromatic rings. The van der Waals surface area contributed by atoms with Crippen LogP contribution in [0.1, 0.15) is 50.2 Å². The van der Waals surface area contributed by atoms with Gasteiger partial charge in [0.05, 0.1) is 11.5 Å². The molecule has 5 heteroatoms. The fourth-order valence-corrected chi connectivity index (χ4v) is 4.53. The monoisotopic (exact) mass is 323 g/mol. The van der Waals surface area contributed by atoms with Crippen LogP contribution in [0.3, 0.4) is 0 Å². The van der Waals surface area contributed by atoms with E-state index in [9.17, 15) is 13.2 Å². The summed E-state index contributed by atoms with van der Waals surface area (Å²) in [6.45, 7) is 6.21. The molecule has 4 nitrogen and oxygen atoms in total. The van der Waals surface area contributed by atoms with Crippen molar-refractivity contribution in [1.82, 2.24) is 0 Å². The minimum atomic E-state index is -2.87. The maximum atomic E-state index is 12.3. The van der Waals surface area contributed by atoms with Crippen LogP contribution in [0.15, 0.2) is 18.2 Å². The number of amides is 1. The fraction of sp³-hybridized carbons (Fsp3) is 0.588. The average molecular weight is 323 g/mol. The van der Waals surface area contributed by atoms with Crippen molar-refractivity contribution in [2.24, 2.45) is 5.92 Å². The van der Waals surface area contributed by atoms with Crippen LogP contribution in [0.4, 0.5) is 5.69 Å². The second-order valence-corrected chi connectivity index (χ2v) is 8.84. The minimum Gasteiger partial charge on any atom is -0.326 e. The third-order valence-corrected chi connectivity index (χ3v) is 6.06. The molecule has 1 aliphatic heterocycles. The fourth-order valence-electron chi connectivity index (χ4n) is 2.94. The first-order chi connectivity index (χ1) is 10.3. The predicted octanol–water partition coefficient (Wildman–Crippen LogP) is 3.27. The molecule has 0 bridgehead atoms. The van der Waals surface area contributed by atoms with Crippen molar-refractivity contribution in [2.75, 3.05) is 16.8 Å². The van der Waals surface area contributed by atoms with Gasteiger partial charge >= 0.3 is 0 Å². The van der Waals surface area contributed by atoms with Crippen LogP contribution >= 0.6 is 0 Å². The number of anilines is 1. The molecule has 1 N–H and O–H groups in total. The lowest BCUT2D eigenvalue weighted by atomic mass is 9.96. The molecule has 1 heterocycles. The Bertz CT molecular complexity index is 636. The molecule has 0 saturated carbocycles. The Morgan fingerprint density at radius 3 is 2.50 bits per heavy atom. The van der Waals surface area contributed by atoms with Gasteiger partial charge in [0, 0.05) is 12.1 Å². The maximum Gasteiger partial charge on any atom is 0.224 e. The zero-order valence-electron chi connectivity index (χ0n) is 13.6. The first-order valence-corrected chi connectivity index (χ1v) is 9.70. The summed E-state index contributed by atoms with van der Waals surface area (Å²) in [5.74, 6) is 0.935. The lowest BCUT2D eigenvalue weighted by molar-refractivity contribution is -0.117. The van der Waals surface area contributed by atoms with Crippen molar-refractivity contribution in [2.45, 2.75) is 46.0 Å². The van der Waals surface area contributed by atoms with Gasteiger partial charge in [-0.3, -0.25) is 4.79 Å². The number of carbonyl (C=O) groups is 1. The van der Waals surface area contributed by atoms with Gasteiger partial charge in [0.2, 0.25) is 5.91 Å². The molecule has 1 aliphatic rings. The average Bonchev–Trinajstić information content (AvgIpc) is 2.43. The van der Waals surface area contributed by atoms with Crippen molar-refractivity contribution in [3.8, 4) is 0 Å². The van der Waals surface area contributed by atoms with Gasteiger partial charge in [-0.25, -0.2) is 8.42 Å². The molecule has 2 rings (SSSR count). The van der Waals surface area contributed by atoms with Crippen LogP contribution < -0.4 is 5.32 Å². The molecule has 0 unspecified atom stereocenters. The summed E-state index contributed by atoms with van der Waals surface area (Å²) < 4.78 is 22.9. The number of nitrogens with one attached hydrogen (secondary N) is 1. The van der Waals surface area contributed by atoms with E-state index in [4.69, 9.17) is 0 Å². The smallest absolute Gasteiger partial charge is 0.224 e. The Kier molecular flexibility index (Phi) is 5.27. The Balaban J connectivity index is 2.01. The second kappa shape index (κ2) is 6.82. The molecule has 122 valence electrons. The highest BCUT2D eigenvalue weighted by molar-refractivity contribution is 7.91. The Hall–Kier alpha value is -1.36. The number of carbonyl (C=O) groups excluding carboxylic acids is 1. The summed E-state index contributed by atoms with van der Waals surface area (Å²) in [7, 11) is -2.87. The summed E-state index contributed by atoms with van der Waals surface area (Å²) in [5, 5.41) is 3.04. The summed E-state index contributed by atoms with van der Waals surface area (Å²) in [4.78, 5) is 12.3. The van der Waals surface area contributed by atoms with Crippen LogP contribution in [-0.2, 0) is 14.6 Å². The van der Waals surface area contributed by atoms with E-state index in [0.29, 0.717) is 25.2 Å². The quantitative estimate of drug-likeness (QED) is 0.925. The van der Waals surface area contributed by atoms with Gasteiger partial charge in [-0.1, -0.05) is 32.0 Å². The molecule has 1 aromatic carbocycles. The van der Waals surface area contributed by atoms with Gasteiger partial charge < -0.3 is 5.32 Å². The number of para-hydroxylation sites is 1. The van der Waals surface area contributed by atoms with Crippen LogP contribution in [-0.4, -0.2) is 25.8 Å². The predicted molar refractivity (Wildman–Crippen MR) is 89.9 cm³/mol. The maximum absolute atomic E-state index is 12.3. The van der Waals surface area contributed by atoms with E-state index >= 15 is 0 Å². The van der Waals surface area contributed by atoms with Crippen molar-refractivity contribution in [1.29, 1.82) is 0 Å². The molecular weight excluding hydrogens is 298 g/mol. The van der Waals surface area contributed by atoms with E-state index in [2.05, 4.69) is 19.2 Å². The van der Waals surface area contributed by atoms with Crippen LogP contribution in [0.2, 0.25) is 0 Å². The van der Waals surface area contributed by atoms with Crippen molar-refractivity contribution in [3.05, 3.63) is 29.3 Å². The van der Waals surface area contributed by atoms with Gasteiger partial charge in [-0.15, -0.1) is 0 Å². The van der Waals surface area contributed by atoms with E-state index in [1.54, 1.807) is 0 Å². The van der Waals surface area contributed by atoms with Crippen LogP contribution in [0.25, 0.3) is 0 Å². The van der Waals surface area contributed by atoms with E-state index < -0.39 is 9.84 Å². The first-order valence-electron chi connectivity index (χ1n) is 7.88. The molecule has 0 spiro atoms. The van der Waals surface area contributed by atoms with Crippen LogP contribution in [0.5, 0.6) is 0 Å². The van der Waals surface area contributed by atoms with Crippen molar-refractivity contribution < 1.29 is 13.2 Å². The first kappa shape index (κ1) is 17.0. The van der Waals surface area contributed by atoms with Crippen molar-refractivity contribution >= 4 is 21.4 Å². The Morgan fingerprint density at radius 1 is 1.27 bits per heavy atom. The molecule has 22 heavy (non-hydrogen) atoms. The minimum absolute atomic E-state index is 0.0134. The normalized spacial score (nSPS) is 18.4. The highest BCUT2D eigenvalue weighted by Crippen LogP contribution is 2.28. The molecular formula is C17H25NO3S. The second-order valence-electron chi connectivity index (χ2n) is 6.54. The lowest BCUT2D eigenvalue weighted by Crippen LogP contribution is -2.27. The number of hydrogen-bond acceptors (Lipinski definition) is 3. The molecule has 0 aromatic heterocycles. The number of benzene rings is 1. The van der Waals surface area contributed by atoms with Gasteiger partial charge in [-0.05, 0) is 42.7 Å². The standard InChI is InChI=1S/C17H25NO3S/c1-12(2)15-6-4-5-13(3)17(15)18-16(19)11-14-7-9-22(20,21)10-8-14/h4-6,12,14H,7-11H2,1-3H3,(H,18,19). The summed E-state index contributed by atoms with van der Waals surface area (Å²) in [6.07, 6.45) is 1.60. The number of sulfone groups is 1. The summed E-state index contributed by atoms with van der Waals surface area (Å²) >= 11 is 0. The number of aryl methyl sites for hydroxylation is 1. The van der Waals surface area contributed by atoms with E-state index in [-0.39, 0.29) is 23.3 Å². The lowest BCUT2D eigenvalue weighted by Gasteiger charge is -2.22. The van der Waals surface area contributed by atoms with E-state index in [1.807, 2.05) is 25.1 Å². The topological polar surface area (TPSA) is 63.2 Å². The summed E-state index contributed by atoms with van der Waals surface area (Å²) in [5.41, 5.74) is 3.11.